The Morgan fingerprint density at radius 3 is 1.21 bits per heavy atom. The van der Waals surface area contributed by atoms with E-state index in [-0.39, 0.29) is 0 Å². The number of rotatable bonds is 5. The lowest BCUT2D eigenvalue weighted by Crippen LogP contribution is -1.93. The fraction of sp³-hybridized carbons (Fsp3) is 0. The van der Waals surface area contributed by atoms with E-state index in [1.807, 2.05) is 6.07 Å². The van der Waals surface area contributed by atoms with Crippen LogP contribution in [0.25, 0.3) is 122 Å². The lowest BCUT2D eigenvalue weighted by Gasteiger charge is -2.20. The molecule has 0 radical (unpaired) electrons. The van der Waals surface area contributed by atoms with Crippen molar-refractivity contribution in [3.8, 4) is 78.1 Å². The van der Waals surface area contributed by atoms with Crippen LogP contribution in [0.15, 0.2) is 206 Å². The van der Waals surface area contributed by atoms with Crippen molar-refractivity contribution in [3.05, 3.63) is 206 Å². The van der Waals surface area contributed by atoms with Gasteiger partial charge in [0.1, 0.15) is 0 Å². The van der Waals surface area contributed by atoms with Crippen LogP contribution in [0.2, 0.25) is 0 Å². The van der Waals surface area contributed by atoms with Crippen molar-refractivity contribution in [1.29, 1.82) is 0 Å². The summed E-state index contributed by atoms with van der Waals surface area (Å²) in [6.07, 6.45) is 0. The molecule has 0 saturated carbocycles. The van der Waals surface area contributed by atoms with E-state index in [0.29, 0.717) is 0 Å². The largest absolute Gasteiger partial charge is 0.245 e. The summed E-state index contributed by atoms with van der Waals surface area (Å²) in [6.45, 7) is 0. The highest BCUT2D eigenvalue weighted by molar-refractivity contribution is 6.28. The van der Waals surface area contributed by atoms with Crippen molar-refractivity contribution in [2.24, 2.45) is 0 Å². The third-order valence-corrected chi connectivity index (χ3v) is 12.0. The van der Waals surface area contributed by atoms with E-state index < -0.39 is 0 Å². The van der Waals surface area contributed by atoms with Crippen LogP contribution >= 0.6 is 0 Å². The Balaban J connectivity index is 1.01. The standard InChI is InChI=1S/C56H34N2/c1-4-13-36(14-5-1)48-33-29-40-27-28-41-30-34-49(58-56(41)55(40)57-48)37-25-23-35(24-26-37)42-31-32-47-52-43(42)21-12-22-46(52)53-50(38-15-6-2-7-16-38)44-19-10-11-20-45(44)51(54(47)53)39-17-8-3-9-18-39/h1-34H. The molecule has 11 aromatic rings. The molecule has 0 atom stereocenters. The van der Waals surface area contributed by atoms with Crippen LogP contribution in [0.4, 0.5) is 0 Å². The number of benzene rings is 9. The fourth-order valence-electron chi connectivity index (χ4n) is 9.38. The van der Waals surface area contributed by atoms with E-state index in [2.05, 4.69) is 200 Å². The van der Waals surface area contributed by atoms with Gasteiger partial charge >= 0.3 is 0 Å². The molecule has 2 heterocycles. The monoisotopic (exact) mass is 734 g/mol. The number of nitrogens with zero attached hydrogens (tertiary/aromatic N) is 2. The summed E-state index contributed by atoms with van der Waals surface area (Å²) in [5.41, 5.74) is 18.6. The van der Waals surface area contributed by atoms with Gasteiger partial charge < -0.3 is 0 Å². The zero-order chi connectivity index (χ0) is 38.2. The van der Waals surface area contributed by atoms with Gasteiger partial charge in [-0.05, 0) is 89.3 Å². The Morgan fingerprint density at radius 2 is 0.655 bits per heavy atom. The second-order valence-electron chi connectivity index (χ2n) is 15.2. The average Bonchev–Trinajstić information content (AvgIpc) is 3.63. The predicted octanol–water partition coefficient (Wildman–Crippen LogP) is 15.1. The SMILES string of the molecule is c1ccc(-c2ccc3ccc4ccc(-c5ccc(-c6ccc7c8c(cccc68)-c6c-7c(-c7ccccc7)c7ccccc7c6-c6ccccc6)cc5)nc4c3n2)cc1. The number of fused-ring (bicyclic) bond motifs is 7. The lowest BCUT2D eigenvalue weighted by molar-refractivity contribution is 1.36. The highest BCUT2D eigenvalue weighted by Crippen LogP contribution is 2.58. The first-order chi connectivity index (χ1) is 28.8. The highest BCUT2D eigenvalue weighted by Gasteiger charge is 2.31. The first kappa shape index (κ1) is 32.6. The maximum atomic E-state index is 5.24. The van der Waals surface area contributed by atoms with Crippen LogP contribution in [0.5, 0.6) is 0 Å². The first-order valence-electron chi connectivity index (χ1n) is 19.9. The summed E-state index contributed by atoms with van der Waals surface area (Å²) in [5.74, 6) is 0. The minimum Gasteiger partial charge on any atom is -0.245 e. The molecule has 0 unspecified atom stereocenters. The van der Waals surface area contributed by atoms with Gasteiger partial charge in [-0.2, -0.15) is 0 Å². The van der Waals surface area contributed by atoms with Gasteiger partial charge in [0.15, 0.2) is 0 Å². The van der Waals surface area contributed by atoms with Crippen LogP contribution in [0.1, 0.15) is 0 Å². The molecule has 2 aromatic heterocycles. The van der Waals surface area contributed by atoms with Gasteiger partial charge in [-0.1, -0.05) is 194 Å². The van der Waals surface area contributed by atoms with Gasteiger partial charge in [0.25, 0.3) is 0 Å². The zero-order valence-electron chi connectivity index (χ0n) is 31.5. The molecule has 0 aliphatic heterocycles. The second-order valence-corrected chi connectivity index (χ2v) is 15.2. The van der Waals surface area contributed by atoms with Gasteiger partial charge in [-0.3, -0.25) is 0 Å². The second kappa shape index (κ2) is 12.9. The van der Waals surface area contributed by atoms with E-state index in [9.17, 15) is 0 Å². The van der Waals surface area contributed by atoms with E-state index in [0.717, 1.165) is 44.3 Å². The third kappa shape index (κ3) is 4.99. The van der Waals surface area contributed by atoms with Crippen molar-refractivity contribution in [2.45, 2.75) is 0 Å². The van der Waals surface area contributed by atoms with Gasteiger partial charge in [0.05, 0.1) is 22.4 Å². The van der Waals surface area contributed by atoms with Crippen LogP contribution in [0, 0.1) is 0 Å². The maximum absolute atomic E-state index is 5.24. The Hall–Kier alpha value is -7.68. The summed E-state index contributed by atoms with van der Waals surface area (Å²) in [6, 6.07) is 74.4. The average molecular weight is 735 g/mol. The van der Waals surface area contributed by atoms with Gasteiger partial charge in [-0.15, -0.1) is 0 Å². The Bertz CT molecular complexity index is 3320. The first-order valence-corrected chi connectivity index (χ1v) is 19.9. The van der Waals surface area contributed by atoms with Crippen molar-refractivity contribution < 1.29 is 0 Å². The Morgan fingerprint density at radius 1 is 0.241 bits per heavy atom. The Labute approximate surface area is 336 Å². The van der Waals surface area contributed by atoms with E-state index in [4.69, 9.17) is 9.97 Å². The number of hydrogen-bond donors (Lipinski definition) is 0. The summed E-state index contributed by atoms with van der Waals surface area (Å²) in [7, 11) is 0. The molecule has 0 bridgehead atoms. The molecule has 0 amide bonds. The molecule has 268 valence electrons. The third-order valence-electron chi connectivity index (χ3n) is 12.0. The molecule has 0 N–H and O–H groups in total. The molecule has 0 fully saturated rings. The summed E-state index contributed by atoms with van der Waals surface area (Å²) < 4.78 is 0. The molecule has 0 saturated heterocycles. The van der Waals surface area contributed by atoms with Crippen LogP contribution in [-0.2, 0) is 0 Å². The molecule has 58 heavy (non-hydrogen) atoms. The topological polar surface area (TPSA) is 25.8 Å². The molecule has 12 rings (SSSR count). The van der Waals surface area contributed by atoms with E-state index in [1.165, 1.54) is 77.2 Å². The van der Waals surface area contributed by atoms with Crippen LogP contribution in [-0.4, -0.2) is 9.97 Å². The predicted molar refractivity (Wildman–Crippen MR) is 244 cm³/mol. The molecule has 2 heteroatoms. The molecule has 2 nitrogen and oxygen atoms in total. The smallest absolute Gasteiger partial charge is 0.0972 e. The molecular formula is C56H34N2. The van der Waals surface area contributed by atoms with Crippen molar-refractivity contribution >= 4 is 43.4 Å². The lowest BCUT2D eigenvalue weighted by atomic mass is 9.82. The highest BCUT2D eigenvalue weighted by atomic mass is 14.8. The van der Waals surface area contributed by atoms with Crippen molar-refractivity contribution in [3.63, 3.8) is 0 Å². The number of pyridine rings is 2. The molecule has 9 aromatic carbocycles. The van der Waals surface area contributed by atoms with Gasteiger partial charge in [-0.25, -0.2) is 9.97 Å². The minimum atomic E-state index is 0.918. The number of aromatic nitrogens is 2. The fourth-order valence-corrected chi connectivity index (χ4v) is 9.38. The maximum Gasteiger partial charge on any atom is 0.0972 e. The van der Waals surface area contributed by atoms with Crippen LogP contribution < -0.4 is 0 Å². The molecule has 1 aliphatic rings. The normalized spacial score (nSPS) is 11.8. The van der Waals surface area contributed by atoms with E-state index in [1.54, 1.807) is 0 Å². The van der Waals surface area contributed by atoms with E-state index >= 15 is 0 Å². The quantitative estimate of drug-likeness (QED) is 0.165. The Kier molecular flexibility index (Phi) is 7.26. The van der Waals surface area contributed by atoms with Crippen molar-refractivity contribution in [1.82, 2.24) is 9.97 Å². The van der Waals surface area contributed by atoms with Crippen LogP contribution in [0.3, 0.4) is 0 Å². The molecule has 0 spiro atoms. The summed E-state index contributed by atoms with van der Waals surface area (Å²) in [5, 5.41) is 7.29. The number of hydrogen-bond acceptors (Lipinski definition) is 2. The zero-order valence-corrected chi connectivity index (χ0v) is 31.5. The van der Waals surface area contributed by atoms with Gasteiger partial charge in [0, 0.05) is 21.9 Å². The molecule has 1 aliphatic carbocycles. The van der Waals surface area contributed by atoms with Gasteiger partial charge in [0.2, 0.25) is 0 Å². The molecular weight excluding hydrogens is 701 g/mol. The summed E-state index contributed by atoms with van der Waals surface area (Å²) in [4.78, 5) is 10.4. The minimum absolute atomic E-state index is 0.918. The summed E-state index contributed by atoms with van der Waals surface area (Å²) >= 11 is 0. The van der Waals surface area contributed by atoms with Crippen molar-refractivity contribution in [2.75, 3.05) is 0 Å².